The molecule has 2 bridgehead atoms. The first kappa shape index (κ1) is 12.5. The molecule has 2 unspecified atom stereocenters. The Balaban J connectivity index is 1.93. The van der Waals surface area contributed by atoms with E-state index in [1.807, 2.05) is 25.1 Å². The van der Waals surface area contributed by atoms with Crippen LogP contribution < -0.4 is 11.1 Å². The smallest absolute Gasteiger partial charge is 0.254 e. The van der Waals surface area contributed by atoms with Crippen molar-refractivity contribution in [1.29, 1.82) is 0 Å². The molecular formula is C15H21N3O. The monoisotopic (exact) mass is 259 g/mol. The van der Waals surface area contributed by atoms with Gasteiger partial charge in [0.2, 0.25) is 0 Å². The fourth-order valence-electron chi connectivity index (χ4n) is 3.32. The molecule has 0 radical (unpaired) electrons. The first-order valence-corrected chi connectivity index (χ1v) is 7.06. The van der Waals surface area contributed by atoms with Crippen LogP contribution in [0.1, 0.15) is 35.2 Å². The van der Waals surface area contributed by atoms with Crippen molar-refractivity contribution in [3.8, 4) is 0 Å². The number of hydrogen-bond donors (Lipinski definition) is 2. The second-order valence-corrected chi connectivity index (χ2v) is 5.66. The number of hydrogen-bond acceptors (Lipinski definition) is 3. The molecule has 0 aromatic heterocycles. The molecule has 0 spiro atoms. The highest BCUT2D eigenvalue weighted by molar-refractivity contribution is 5.97. The Labute approximate surface area is 114 Å². The fourth-order valence-corrected chi connectivity index (χ4v) is 3.32. The van der Waals surface area contributed by atoms with Crippen LogP contribution in [0.4, 0.5) is 5.69 Å². The van der Waals surface area contributed by atoms with Gasteiger partial charge in [0.1, 0.15) is 0 Å². The van der Waals surface area contributed by atoms with Gasteiger partial charge in [0.05, 0.1) is 0 Å². The highest BCUT2D eigenvalue weighted by Crippen LogP contribution is 2.30. The minimum atomic E-state index is 0.154. The van der Waals surface area contributed by atoms with Crippen molar-refractivity contribution < 1.29 is 4.79 Å². The van der Waals surface area contributed by atoms with Gasteiger partial charge >= 0.3 is 0 Å². The van der Waals surface area contributed by atoms with Crippen LogP contribution in [0.3, 0.4) is 0 Å². The first-order chi connectivity index (χ1) is 9.16. The van der Waals surface area contributed by atoms with E-state index in [2.05, 4.69) is 10.2 Å². The molecule has 2 heterocycles. The van der Waals surface area contributed by atoms with Crippen LogP contribution in [0, 0.1) is 6.92 Å². The lowest BCUT2D eigenvalue weighted by atomic mass is 10.1. The molecule has 2 fully saturated rings. The van der Waals surface area contributed by atoms with Crippen LogP contribution in [-0.4, -0.2) is 36.0 Å². The van der Waals surface area contributed by atoms with Crippen LogP contribution in [0.25, 0.3) is 0 Å². The lowest BCUT2D eigenvalue weighted by Crippen LogP contribution is -2.42. The maximum absolute atomic E-state index is 12.8. The Bertz CT molecular complexity index is 486. The molecule has 4 heteroatoms. The summed E-state index contributed by atoms with van der Waals surface area (Å²) in [5.41, 5.74) is 8.26. The maximum Gasteiger partial charge on any atom is 0.254 e. The fraction of sp³-hybridized carbons (Fsp3) is 0.533. The maximum atomic E-state index is 12.8. The zero-order valence-electron chi connectivity index (χ0n) is 11.4. The largest absolute Gasteiger partial charge is 0.399 e. The van der Waals surface area contributed by atoms with Gasteiger partial charge in [-0.1, -0.05) is 6.07 Å². The molecule has 4 nitrogen and oxygen atoms in total. The molecule has 19 heavy (non-hydrogen) atoms. The summed E-state index contributed by atoms with van der Waals surface area (Å²) in [6.07, 6.45) is 3.31. The molecule has 2 saturated heterocycles. The predicted octanol–water partition coefficient (Wildman–Crippen LogP) is 1.54. The van der Waals surface area contributed by atoms with Crippen molar-refractivity contribution >= 4 is 11.6 Å². The molecule has 2 atom stereocenters. The average Bonchev–Trinajstić information content (AvgIpc) is 2.65. The highest BCUT2D eigenvalue weighted by Gasteiger charge is 2.38. The summed E-state index contributed by atoms with van der Waals surface area (Å²) in [5.74, 6) is 0.154. The van der Waals surface area contributed by atoms with E-state index in [-0.39, 0.29) is 5.91 Å². The third-order valence-corrected chi connectivity index (χ3v) is 4.38. The van der Waals surface area contributed by atoms with E-state index >= 15 is 0 Å². The van der Waals surface area contributed by atoms with E-state index in [9.17, 15) is 4.79 Å². The quantitative estimate of drug-likeness (QED) is 0.752. The van der Waals surface area contributed by atoms with Gasteiger partial charge < -0.3 is 16.0 Å². The van der Waals surface area contributed by atoms with Crippen molar-refractivity contribution in [2.45, 2.75) is 38.3 Å². The molecule has 2 aliphatic rings. The summed E-state index contributed by atoms with van der Waals surface area (Å²) in [6.45, 7) is 3.91. The molecule has 0 saturated carbocycles. The highest BCUT2D eigenvalue weighted by atomic mass is 16.2. The van der Waals surface area contributed by atoms with Gasteiger partial charge in [0, 0.05) is 29.9 Å². The molecule has 3 rings (SSSR count). The summed E-state index contributed by atoms with van der Waals surface area (Å²) in [4.78, 5) is 14.9. The zero-order valence-corrected chi connectivity index (χ0v) is 11.4. The van der Waals surface area contributed by atoms with E-state index in [0.29, 0.717) is 17.8 Å². The summed E-state index contributed by atoms with van der Waals surface area (Å²) < 4.78 is 0. The lowest BCUT2D eigenvalue weighted by Gasteiger charge is -2.28. The number of rotatable bonds is 1. The molecule has 1 aromatic rings. The van der Waals surface area contributed by atoms with E-state index in [4.69, 9.17) is 5.73 Å². The third kappa shape index (κ3) is 2.21. The summed E-state index contributed by atoms with van der Waals surface area (Å²) in [6, 6.07) is 6.34. The molecule has 1 amide bonds. The van der Waals surface area contributed by atoms with Gasteiger partial charge in [-0.05, 0) is 50.4 Å². The number of amides is 1. The number of carbonyl (C=O) groups is 1. The van der Waals surface area contributed by atoms with Crippen molar-refractivity contribution in [2.75, 3.05) is 18.8 Å². The van der Waals surface area contributed by atoms with Crippen molar-refractivity contribution in [2.24, 2.45) is 0 Å². The Hall–Kier alpha value is -1.55. The SMILES string of the molecule is Cc1ccc(N)cc1C(=O)N1C2CCNCC1CC2. The molecular weight excluding hydrogens is 238 g/mol. The predicted molar refractivity (Wildman–Crippen MR) is 76.1 cm³/mol. The topological polar surface area (TPSA) is 58.4 Å². The average molecular weight is 259 g/mol. The van der Waals surface area contributed by atoms with Gasteiger partial charge in [-0.2, -0.15) is 0 Å². The lowest BCUT2D eigenvalue weighted by molar-refractivity contribution is 0.0679. The number of carbonyl (C=O) groups excluding carboxylic acids is 1. The molecule has 102 valence electrons. The number of benzene rings is 1. The molecule has 2 aliphatic heterocycles. The Morgan fingerprint density at radius 1 is 1.32 bits per heavy atom. The number of anilines is 1. The minimum absolute atomic E-state index is 0.154. The van der Waals surface area contributed by atoms with Gasteiger partial charge in [0.15, 0.2) is 0 Å². The number of fused-ring (bicyclic) bond motifs is 2. The summed E-state index contributed by atoms with van der Waals surface area (Å²) in [5, 5.41) is 3.42. The van der Waals surface area contributed by atoms with Crippen LogP contribution >= 0.6 is 0 Å². The zero-order chi connectivity index (χ0) is 13.4. The molecule has 1 aromatic carbocycles. The Morgan fingerprint density at radius 2 is 2.11 bits per heavy atom. The van der Waals surface area contributed by atoms with Gasteiger partial charge in [-0.15, -0.1) is 0 Å². The van der Waals surface area contributed by atoms with E-state index < -0.39 is 0 Å². The molecule has 0 aliphatic carbocycles. The molecule has 3 N–H and O–H groups in total. The third-order valence-electron chi connectivity index (χ3n) is 4.38. The van der Waals surface area contributed by atoms with Crippen molar-refractivity contribution in [1.82, 2.24) is 10.2 Å². The van der Waals surface area contributed by atoms with Gasteiger partial charge in [-0.25, -0.2) is 0 Å². The Morgan fingerprint density at radius 3 is 2.95 bits per heavy atom. The number of nitrogens with zero attached hydrogens (tertiary/aromatic N) is 1. The van der Waals surface area contributed by atoms with Crippen LogP contribution in [0.15, 0.2) is 18.2 Å². The Kier molecular flexibility index (Phi) is 3.19. The summed E-state index contributed by atoms with van der Waals surface area (Å²) in [7, 11) is 0. The van der Waals surface area contributed by atoms with Gasteiger partial charge in [-0.3, -0.25) is 4.79 Å². The van der Waals surface area contributed by atoms with E-state index in [0.717, 1.165) is 43.5 Å². The normalized spacial score (nSPS) is 26.3. The minimum Gasteiger partial charge on any atom is -0.399 e. The first-order valence-electron chi connectivity index (χ1n) is 7.06. The van der Waals surface area contributed by atoms with E-state index in [1.54, 1.807) is 0 Å². The second-order valence-electron chi connectivity index (χ2n) is 5.66. The van der Waals surface area contributed by atoms with Crippen LogP contribution in [0.2, 0.25) is 0 Å². The standard InChI is InChI=1S/C15H21N3O/c1-10-2-3-11(16)8-14(10)15(19)18-12-4-5-13(18)9-17-7-6-12/h2-3,8,12-13,17H,4-7,9,16H2,1H3. The van der Waals surface area contributed by atoms with Gasteiger partial charge in [0.25, 0.3) is 5.91 Å². The number of aryl methyl sites for hydroxylation is 1. The second kappa shape index (κ2) is 4.85. The number of nitrogen functional groups attached to an aromatic ring is 1. The van der Waals surface area contributed by atoms with E-state index in [1.165, 1.54) is 0 Å². The number of nitrogens with one attached hydrogen (secondary N) is 1. The summed E-state index contributed by atoms with van der Waals surface area (Å²) >= 11 is 0. The van der Waals surface area contributed by atoms with Crippen LogP contribution in [-0.2, 0) is 0 Å². The van der Waals surface area contributed by atoms with Crippen molar-refractivity contribution in [3.63, 3.8) is 0 Å². The van der Waals surface area contributed by atoms with Crippen molar-refractivity contribution in [3.05, 3.63) is 29.3 Å². The number of nitrogens with two attached hydrogens (primary N) is 1. The van der Waals surface area contributed by atoms with Crippen LogP contribution in [0.5, 0.6) is 0 Å².